The van der Waals surface area contributed by atoms with Crippen LogP contribution in [0.25, 0.3) is 0 Å². The zero-order valence-corrected chi connectivity index (χ0v) is 19.5. The van der Waals surface area contributed by atoms with Gasteiger partial charge in [0.05, 0.1) is 18.4 Å². The number of esters is 1. The SMILES string of the molecule is COC(=O)C(CC(C)C)NS(=O)(=O)CCCN(Cc1ccccc1)C(=O)c1cccnc1. The predicted octanol–water partition coefficient (Wildman–Crippen LogP) is 2.62. The van der Waals surface area contributed by atoms with Crippen LogP contribution in [0, 0.1) is 5.92 Å². The molecule has 2 aromatic rings. The number of amides is 1. The smallest absolute Gasteiger partial charge is 0.323 e. The molecule has 1 aromatic heterocycles. The van der Waals surface area contributed by atoms with Crippen LogP contribution >= 0.6 is 0 Å². The molecule has 8 nitrogen and oxygen atoms in total. The van der Waals surface area contributed by atoms with Crippen molar-refractivity contribution in [3.05, 3.63) is 66.0 Å². The van der Waals surface area contributed by atoms with Crippen molar-refractivity contribution in [3.8, 4) is 0 Å². The van der Waals surface area contributed by atoms with Gasteiger partial charge in [-0.2, -0.15) is 0 Å². The minimum absolute atomic E-state index is 0.111. The summed E-state index contributed by atoms with van der Waals surface area (Å²) in [4.78, 5) is 30.5. The summed E-state index contributed by atoms with van der Waals surface area (Å²) in [6.07, 6.45) is 3.63. The second-order valence-corrected chi connectivity index (χ2v) is 9.82. The van der Waals surface area contributed by atoms with Crippen molar-refractivity contribution < 1.29 is 22.7 Å². The molecule has 0 saturated carbocycles. The number of pyridine rings is 1. The second kappa shape index (κ2) is 12.3. The van der Waals surface area contributed by atoms with E-state index in [0.29, 0.717) is 18.5 Å². The summed E-state index contributed by atoms with van der Waals surface area (Å²) in [6, 6.07) is 11.9. The normalized spacial score (nSPS) is 12.4. The number of benzene rings is 1. The van der Waals surface area contributed by atoms with E-state index in [4.69, 9.17) is 4.74 Å². The molecule has 1 amide bonds. The third-order valence-electron chi connectivity index (χ3n) is 4.77. The molecule has 174 valence electrons. The van der Waals surface area contributed by atoms with Gasteiger partial charge in [0.1, 0.15) is 6.04 Å². The molecule has 0 fully saturated rings. The van der Waals surface area contributed by atoms with Crippen LogP contribution in [0.4, 0.5) is 0 Å². The van der Waals surface area contributed by atoms with Crippen molar-refractivity contribution in [2.24, 2.45) is 5.92 Å². The number of hydrogen-bond acceptors (Lipinski definition) is 6. The molecule has 1 aromatic carbocycles. The van der Waals surface area contributed by atoms with E-state index < -0.39 is 22.0 Å². The zero-order valence-electron chi connectivity index (χ0n) is 18.7. The van der Waals surface area contributed by atoms with Gasteiger partial charge >= 0.3 is 5.97 Å². The van der Waals surface area contributed by atoms with E-state index in [-0.39, 0.29) is 30.5 Å². The maximum Gasteiger partial charge on any atom is 0.323 e. The standard InChI is InChI=1S/C23H31N3O5S/c1-18(2)15-21(23(28)31-3)25-32(29,30)14-8-13-26(17-19-9-5-4-6-10-19)22(27)20-11-7-12-24-16-20/h4-7,9-12,16,18,21,25H,8,13-15,17H2,1-3H3. The van der Waals surface area contributed by atoms with Gasteiger partial charge in [-0.05, 0) is 36.5 Å². The van der Waals surface area contributed by atoms with E-state index in [1.165, 1.54) is 13.3 Å². The Kier molecular flexibility index (Phi) is 9.80. The number of sulfonamides is 1. The molecule has 0 bridgehead atoms. The number of hydrogen-bond donors (Lipinski definition) is 1. The van der Waals surface area contributed by atoms with E-state index >= 15 is 0 Å². The van der Waals surface area contributed by atoms with Crippen molar-refractivity contribution in [1.29, 1.82) is 0 Å². The topological polar surface area (TPSA) is 106 Å². The summed E-state index contributed by atoms with van der Waals surface area (Å²) in [5.74, 6) is -0.941. The van der Waals surface area contributed by atoms with Crippen molar-refractivity contribution in [1.82, 2.24) is 14.6 Å². The molecule has 2 rings (SSSR count). The molecule has 0 aliphatic rings. The van der Waals surface area contributed by atoms with Gasteiger partial charge < -0.3 is 9.64 Å². The minimum atomic E-state index is -3.74. The van der Waals surface area contributed by atoms with Crippen LogP contribution in [0.1, 0.15) is 42.6 Å². The Labute approximate surface area is 190 Å². The summed E-state index contributed by atoms with van der Waals surface area (Å²) in [5, 5.41) is 0. The summed E-state index contributed by atoms with van der Waals surface area (Å²) >= 11 is 0. The average Bonchev–Trinajstić information content (AvgIpc) is 2.77. The summed E-state index contributed by atoms with van der Waals surface area (Å²) in [7, 11) is -2.51. The summed E-state index contributed by atoms with van der Waals surface area (Å²) in [6.45, 7) is 4.38. The first-order valence-electron chi connectivity index (χ1n) is 10.5. The molecule has 1 atom stereocenters. The third-order valence-corrected chi connectivity index (χ3v) is 6.24. The number of nitrogens with one attached hydrogen (secondary N) is 1. The fourth-order valence-corrected chi connectivity index (χ4v) is 4.51. The number of methoxy groups -OCH3 is 1. The van der Waals surface area contributed by atoms with Gasteiger partial charge in [-0.3, -0.25) is 14.6 Å². The molecule has 0 radical (unpaired) electrons. The Morgan fingerprint density at radius 2 is 1.84 bits per heavy atom. The highest BCUT2D eigenvalue weighted by Gasteiger charge is 2.26. The van der Waals surface area contributed by atoms with Crippen LogP contribution in [0.3, 0.4) is 0 Å². The third kappa shape index (κ3) is 8.39. The minimum Gasteiger partial charge on any atom is -0.468 e. The molecule has 1 heterocycles. The van der Waals surface area contributed by atoms with E-state index in [9.17, 15) is 18.0 Å². The number of ether oxygens (including phenoxy) is 1. The van der Waals surface area contributed by atoms with Crippen LogP contribution in [0.5, 0.6) is 0 Å². The summed E-state index contributed by atoms with van der Waals surface area (Å²) < 4.78 is 32.3. The van der Waals surface area contributed by atoms with Gasteiger partial charge in [0.2, 0.25) is 10.0 Å². The molecule has 1 unspecified atom stereocenters. The van der Waals surface area contributed by atoms with Crippen molar-refractivity contribution in [2.75, 3.05) is 19.4 Å². The molecule has 0 aliphatic carbocycles. The first-order chi connectivity index (χ1) is 15.2. The van der Waals surface area contributed by atoms with Gasteiger partial charge in [-0.1, -0.05) is 44.2 Å². The zero-order chi connectivity index (χ0) is 23.6. The maximum atomic E-state index is 13.0. The number of carbonyl (C=O) groups is 2. The average molecular weight is 462 g/mol. The first-order valence-corrected chi connectivity index (χ1v) is 12.2. The quantitative estimate of drug-likeness (QED) is 0.487. The molecular weight excluding hydrogens is 430 g/mol. The van der Waals surface area contributed by atoms with Crippen LogP contribution in [-0.2, 0) is 26.1 Å². The van der Waals surface area contributed by atoms with Gasteiger partial charge in [0.15, 0.2) is 0 Å². The molecule has 0 aliphatic heterocycles. The van der Waals surface area contributed by atoms with E-state index in [2.05, 4.69) is 9.71 Å². The molecular formula is C23H31N3O5S. The number of carbonyl (C=O) groups excluding carboxylic acids is 2. The lowest BCUT2D eigenvalue weighted by Crippen LogP contribution is -2.43. The highest BCUT2D eigenvalue weighted by molar-refractivity contribution is 7.89. The number of rotatable bonds is 12. The lowest BCUT2D eigenvalue weighted by atomic mass is 10.1. The van der Waals surface area contributed by atoms with Crippen molar-refractivity contribution in [3.63, 3.8) is 0 Å². The molecule has 1 N–H and O–H groups in total. The largest absolute Gasteiger partial charge is 0.468 e. The van der Waals surface area contributed by atoms with Gasteiger partial charge in [-0.15, -0.1) is 0 Å². The van der Waals surface area contributed by atoms with Gasteiger partial charge in [0.25, 0.3) is 5.91 Å². The second-order valence-electron chi connectivity index (χ2n) is 7.95. The van der Waals surface area contributed by atoms with E-state index in [1.54, 1.807) is 23.2 Å². The Bertz CT molecular complexity index is 966. The molecule has 32 heavy (non-hydrogen) atoms. The maximum absolute atomic E-state index is 13.0. The monoisotopic (exact) mass is 461 g/mol. The molecule has 0 saturated heterocycles. The van der Waals surface area contributed by atoms with Crippen LogP contribution in [0.2, 0.25) is 0 Å². The van der Waals surface area contributed by atoms with E-state index in [1.807, 2.05) is 44.2 Å². The highest BCUT2D eigenvalue weighted by Crippen LogP contribution is 2.12. The first kappa shape index (κ1) is 25.5. The lowest BCUT2D eigenvalue weighted by Gasteiger charge is -2.23. The van der Waals surface area contributed by atoms with Gasteiger partial charge in [0, 0.05) is 25.5 Å². The van der Waals surface area contributed by atoms with Crippen LogP contribution in [-0.4, -0.2) is 55.6 Å². The Morgan fingerprint density at radius 1 is 1.12 bits per heavy atom. The Morgan fingerprint density at radius 3 is 2.44 bits per heavy atom. The highest BCUT2D eigenvalue weighted by atomic mass is 32.2. The molecule has 9 heteroatoms. The van der Waals surface area contributed by atoms with E-state index in [0.717, 1.165) is 5.56 Å². The van der Waals surface area contributed by atoms with Gasteiger partial charge in [-0.25, -0.2) is 13.1 Å². The van der Waals surface area contributed by atoms with Crippen molar-refractivity contribution in [2.45, 2.75) is 39.3 Å². The lowest BCUT2D eigenvalue weighted by molar-refractivity contribution is -0.143. The fraction of sp³-hybridized carbons (Fsp3) is 0.435. The number of nitrogens with zero attached hydrogens (tertiary/aromatic N) is 2. The van der Waals surface area contributed by atoms with Crippen molar-refractivity contribution >= 4 is 21.9 Å². The Hall–Kier alpha value is -2.78. The Balaban J connectivity index is 2.06. The molecule has 0 spiro atoms. The summed E-state index contributed by atoms with van der Waals surface area (Å²) in [5.41, 5.74) is 1.38. The fourth-order valence-electron chi connectivity index (χ4n) is 3.26. The number of aromatic nitrogens is 1. The predicted molar refractivity (Wildman–Crippen MR) is 122 cm³/mol. The van der Waals surface area contributed by atoms with Crippen LogP contribution < -0.4 is 4.72 Å². The van der Waals surface area contributed by atoms with Crippen LogP contribution in [0.15, 0.2) is 54.9 Å².